The van der Waals surface area contributed by atoms with Gasteiger partial charge in [0.15, 0.2) is 0 Å². The van der Waals surface area contributed by atoms with Crippen molar-refractivity contribution in [2.24, 2.45) is 0 Å². The van der Waals surface area contributed by atoms with Gasteiger partial charge in [-0.15, -0.1) is 0 Å². The second kappa shape index (κ2) is 7.29. The first kappa shape index (κ1) is 18.7. The monoisotopic (exact) mass is 392 g/mol. The number of anilines is 1. The molecule has 26 heavy (non-hydrogen) atoms. The van der Waals surface area contributed by atoms with E-state index >= 15 is 0 Å². The van der Waals surface area contributed by atoms with Crippen LogP contribution in [0.5, 0.6) is 0 Å². The zero-order valence-electron chi connectivity index (χ0n) is 14.7. The lowest BCUT2D eigenvalue weighted by Crippen LogP contribution is -2.50. The molecule has 0 N–H and O–H groups in total. The van der Waals surface area contributed by atoms with Crippen LogP contribution in [0.3, 0.4) is 0 Å². The average molecular weight is 393 g/mol. The van der Waals surface area contributed by atoms with Gasteiger partial charge < -0.3 is 4.90 Å². The molecule has 1 aliphatic rings. The van der Waals surface area contributed by atoms with Crippen molar-refractivity contribution in [2.75, 3.05) is 17.1 Å². The minimum Gasteiger partial charge on any atom is -0.336 e. The summed E-state index contributed by atoms with van der Waals surface area (Å²) >= 11 is 5.90. The van der Waals surface area contributed by atoms with E-state index < -0.39 is 16.1 Å². The fourth-order valence-corrected chi connectivity index (χ4v) is 4.63. The fraction of sp³-hybridized carbons (Fsp3) is 0.316. The highest BCUT2D eigenvalue weighted by atomic mass is 35.5. The van der Waals surface area contributed by atoms with Gasteiger partial charge in [0.25, 0.3) is 0 Å². The van der Waals surface area contributed by atoms with Gasteiger partial charge in [0.1, 0.15) is 6.04 Å². The number of hydrogen-bond donors (Lipinski definition) is 0. The molecule has 1 atom stereocenters. The molecule has 1 aliphatic heterocycles. The predicted molar refractivity (Wildman–Crippen MR) is 104 cm³/mol. The van der Waals surface area contributed by atoms with E-state index in [0.29, 0.717) is 23.8 Å². The van der Waals surface area contributed by atoms with Crippen molar-refractivity contribution in [1.29, 1.82) is 0 Å². The third-order valence-electron chi connectivity index (χ3n) is 4.59. The van der Waals surface area contributed by atoms with E-state index in [1.54, 1.807) is 36.1 Å². The summed E-state index contributed by atoms with van der Waals surface area (Å²) in [6.45, 7) is 2.70. The van der Waals surface area contributed by atoms with Crippen LogP contribution in [0.15, 0.2) is 48.5 Å². The predicted octanol–water partition coefficient (Wildman–Crippen LogP) is 3.08. The lowest BCUT2D eigenvalue weighted by Gasteiger charge is -2.35. The molecule has 0 unspecified atom stereocenters. The molecule has 2 aromatic carbocycles. The molecule has 0 saturated heterocycles. The second-order valence-corrected chi connectivity index (χ2v) is 8.79. The van der Waals surface area contributed by atoms with E-state index in [-0.39, 0.29) is 5.91 Å². The number of fused-ring (bicyclic) bond motifs is 1. The highest BCUT2D eigenvalue weighted by Crippen LogP contribution is 2.25. The first-order chi connectivity index (χ1) is 12.3. The van der Waals surface area contributed by atoms with Crippen LogP contribution < -0.4 is 4.31 Å². The molecule has 0 saturated carbocycles. The van der Waals surface area contributed by atoms with Crippen molar-refractivity contribution >= 4 is 33.2 Å². The van der Waals surface area contributed by atoms with Gasteiger partial charge in [-0.3, -0.25) is 9.10 Å². The number of nitrogens with zero attached hydrogens (tertiary/aromatic N) is 2. The molecule has 3 rings (SSSR count). The van der Waals surface area contributed by atoms with Gasteiger partial charge in [0, 0.05) is 18.1 Å². The van der Waals surface area contributed by atoms with E-state index in [0.717, 1.165) is 22.5 Å². The van der Waals surface area contributed by atoms with E-state index in [4.69, 9.17) is 11.6 Å². The standard InChI is InChI=1S/C19H21ClN2O3S/c1-14(22(26(2,24)25)18-9-7-17(20)8-10-18)19(23)21-12-11-15-5-3-4-6-16(15)13-21/h3-10,14H,11-13H2,1-2H3/t14-/m0/s1. The van der Waals surface area contributed by atoms with Crippen LogP contribution in [0.2, 0.25) is 5.02 Å². The quantitative estimate of drug-likeness (QED) is 0.803. The molecule has 2 aromatic rings. The lowest BCUT2D eigenvalue weighted by molar-refractivity contribution is -0.132. The Morgan fingerprint density at radius 2 is 1.73 bits per heavy atom. The SMILES string of the molecule is C[C@@H](C(=O)N1CCc2ccccc2C1)N(c1ccc(Cl)cc1)S(C)(=O)=O. The number of carbonyl (C=O) groups is 1. The molecule has 5 nitrogen and oxygen atoms in total. The zero-order valence-corrected chi connectivity index (χ0v) is 16.3. The van der Waals surface area contributed by atoms with Gasteiger partial charge in [0.05, 0.1) is 11.9 Å². The van der Waals surface area contributed by atoms with Gasteiger partial charge in [-0.2, -0.15) is 0 Å². The smallest absolute Gasteiger partial charge is 0.246 e. The maximum atomic E-state index is 13.0. The minimum atomic E-state index is -3.63. The van der Waals surface area contributed by atoms with E-state index in [1.807, 2.05) is 18.2 Å². The third kappa shape index (κ3) is 3.86. The van der Waals surface area contributed by atoms with Crippen molar-refractivity contribution in [1.82, 2.24) is 4.90 Å². The van der Waals surface area contributed by atoms with Crippen LogP contribution in [0.25, 0.3) is 0 Å². The molecule has 0 aromatic heterocycles. The van der Waals surface area contributed by atoms with Gasteiger partial charge in [0.2, 0.25) is 15.9 Å². The number of benzene rings is 2. The summed E-state index contributed by atoms with van der Waals surface area (Å²) in [5.74, 6) is -0.208. The van der Waals surface area contributed by atoms with Crippen LogP contribution in [0, 0.1) is 0 Å². The Hall–Kier alpha value is -2.05. The van der Waals surface area contributed by atoms with Crippen molar-refractivity contribution in [3.8, 4) is 0 Å². The molecular formula is C19H21ClN2O3S. The van der Waals surface area contributed by atoms with Gasteiger partial charge in [-0.25, -0.2) is 8.42 Å². The van der Waals surface area contributed by atoms with Gasteiger partial charge in [-0.05, 0) is 48.7 Å². The van der Waals surface area contributed by atoms with Crippen LogP contribution >= 0.6 is 11.6 Å². The maximum absolute atomic E-state index is 13.0. The van der Waals surface area contributed by atoms with Crippen molar-refractivity contribution < 1.29 is 13.2 Å². The number of carbonyl (C=O) groups excluding carboxylic acids is 1. The number of amides is 1. The summed E-state index contributed by atoms with van der Waals surface area (Å²) in [7, 11) is -3.63. The van der Waals surface area contributed by atoms with Gasteiger partial charge in [-0.1, -0.05) is 35.9 Å². The Bertz CT molecular complexity index is 913. The molecule has 138 valence electrons. The van der Waals surface area contributed by atoms with Crippen LogP contribution in [-0.4, -0.2) is 38.1 Å². The van der Waals surface area contributed by atoms with E-state index in [9.17, 15) is 13.2 Å². The summed E-state index contributed by atoms with van der Waals surface area (Å²) < 4.78 is 25.9. The molecule has 7 heteroatoms. The van der Waals surface area contributed by atoms with Crippen LogP contribution in [0.4, 0.5) is 5.69 Å². The third-order valence-corrected chi connectivity index (χ3v) is 6.08. The summed E-state index contributed by atoms with van der Waals surface area (Å²) in [6.07, 6.45) is 1.88. The van der Waals surface area contributed by atoms with E-state index in [2.05, 4.69) is 6.07 Å². The normalized spacial score (nSPS) is 15.3. The van der Waals surface area contributed by atoms with Gasteiger partial charge >= 0.3 is 0 Å². The zero-order chi connectivity index (χ0) is 18.9. The Labute approximate surface area is 159 Å². The highest BCUT2D eigenvalue weighted by Gasteiger charge is 2.33. The summed E-state index contributed by atoms with van der Waals surface area (Å²) in [6, 6.07) is 13.6. The summed E-state index contributed by atoms with van der Waals surface area (Å²) in [4.78, 5) is 14.8. The minimum absolute atomic E-state index is 0.208. The number of hydrogen-bond acceptors (Lipinski definition) is 3. The highest BCUT2D eigenvalue weighted by molar-refractivity contribution is 7.92. The van der Waals surface area contributed by atoms with Crippen LogP contribution in [0.1, 0.15) is 18.1 Å². The van der Waals surface area contributed by atoms with Crippen molar-refractivity contribution in [2.45, 2.75) is 25.9 Å². The fourth-order valence-electron chi connectivity index (χ4n) is 3.34. The lowest BCUT2D eigenvalue weighted by atomic mass is 9.99. The van der Waals surface area contributed by atoms with Crippen LogP contribution in [-0.2, 0) is 27.8 Å². The Morgan fingerprint density at radius 1 is 1.12 bits per heavy atom. The van der Waals surface area contributed by atoms with Crippen molar-refractivity contribution in [3.05, 3.63) is 64.7 Å². The molecule has 0 fully saturated rings. The Morgan fingerprint density at radius 3 is 2.35 bits per heavy atom. The molecule has 0 radical (unpaired) electrons. The molecule has 1 amide bonds. The first-order valence-electron chi connectivity index (χ1n) is 8.38. The Kier molecular flexibility index (Phi) is 5.25. The molecule has 1 heterocycles. The summed E-state index contributed by atoms with van der Waals surface area (Å²) in [5.41, 5.74) is 2.77. The summed E-state index contributed by atoms with van der Waals surface area (Å²) in [5, 5.41) is 0.508. The molecule has 0 bridgehead atoms. The Balaban J connectivity index is 1.86. The largest absolute Gasteiger partial charge is 0.336 e. The maximum Gasteiger partial charge on any atom is 0.246 e. The number of sulfonamides is 1. The second-order valence-electron chi connectivity index (χ2n) is 6.49. The first-order valence-corrected chi connectivity index (χ1v) is 10.6. The molecule has 0 spiro atoms. The number of halogens is 1. The van der Waals surface area contributed by atoms with E-state index in [1.165, 1.54) is 5.56 Å². The number of rotatable bonds is 4. The molecule has 0 aliphatic carbocycles. The topological polar surface area (TPSA) is 57.7 Å². The average Bonchev–Trinajstić information content (AvgIpc) is 2.61. The molecular weight excluding hydrogens is 372 g/mol. The van der Waals surface area contributed by atoms with Crippen molar-refractivity contribution in [3.63, 3.8) is 0 Å².